The van der Waals surface area contributed by atoms with Crippen molar-refractivity contribution in [1.29, 1.82) is 0 Å². The highest BCUT2D eigenvalue weighted by atomic mass is 35.5. The fourth-order valence-electron chi connectivity index (χ4n) is 0.900. The normalized spacial score (nSPS) is 11.8. The van der Waals surface area contributed by atoms with Crippen molar-refractivity contribution in [2.24, 2.45) is 0 Å². The molecule has 0 spiro atoms. The Bertz CT molecular complexity index is 312. The zero-order chi connectivity index (χ0) is 10.1. The molecule has 0 aliphatic carbocycles. The van der Waals surface area contributed by atoms with Crippen LogP contribution in [0.15, 0.2) is 6.07 Å². The van der Waals surface area contributed by atoms with Gasteiger partial charge in [0, 0.05) is 16.9 Å². The minimum Gasteiger partial charge on any atom is -0.137 e. The molecule has 0 bridgehead atoms. The summed E-state index contributed by atoms with van der Waals surface area (Å²) in [6.07, 6.45) is 0. The largest absolute Gasteiger partial charge is 0.155 e. The molecule has 5 heteroatoms. The summed E-state index contributed by atoms with van der Waals surface area (Å²) in [5.74, 6) is 0.453. The van der Waals surface area contributed by atoms with Crippen LogP contribution in [0.3, 0.4) is 0 Å². The van der Waals surface area contributed by atoms with E-state index >= 15 is 0 Å². The van der Waals surface area contributed by atoms with Gasteiger partial charge in [0.2, 0.25) is 0 Å². The molecule has 1 aromatic heterocycles. The predicted octanol–water partition coefficient (Wildman–Crippen LogP) is 3.30. The Morgan fingerprint density at radius 2 is 1.92 bits per heavy atom. The van der Waals surface area contributed by atoms with E-state index in [1.165, 1.54) is 0 Å². The standard InChI is InChI=1S/C8H9Cl3N2/c1-8(2,4-9)5-3-6(10)12-13-7(5)11/h3H,4H2,1-2H3. The van der Waals surface area contributed by atoms with E-state index in [9.17, 15) is 0 Å². The van der Waals surface area contributed by atoms with Crippen LogP contribution in [0.4, 0.5) is 0 Å². The zero-order valence-corrected chi connectivity index (χ0v) is 9.58. The Balaban J connectivity index is 3.20. The molecule has 0 fully saturated rings. The van der Waals surface area contributed by atoms with Crippen LogP contribution in [-0.4, -0.2) is 16.1 Å². The van der Waals surface area contributed by atoms with Gasteiger partial charge in [-0.2, -0.15) is 0 Å². The number of halogens is 3. The van der Waals surface area contributed by atoms with E-state index in [1.807, 2.05) is 13.8 Å². The molecule has 0 N–H and O–H groups in total. The minimum atomic E-state index is -0.238. The highest BCUT2D eigenvalue weighted by Gasteiger charge is 2.23. The summed E-state index contributed by atoms with van der Waals surface area (Å²) in [5, 5.41) is 8.03. The molecule has 0 saturated heterocycles. The van der Waals surface area contributed by atoms with Gasteiger partial charge in [0.05, 0.1) is 0 Å². The second-order valence-electron chi connectivity index (χ2n) is 3.39. The zero-order valence-electron chi connectivity index (χ0n) is 7.31. The Hall–Kier alpha value is -0.0500. The molecule has 13 heavy (non-hydrogen) atoms. The lowest BCUT2D eigenvalue weighted by atomic mass is 9.88. The van der Waals surface area contributed by atoms with E-state index in [4.69, 9.17) is 34.8 Å². The van der Waals surface area contributed by atoms with E-state index in [1.54, 1.807) is 6.07 Å². The van der Waals surface area contributed by atoms with Gasteiger partial charge in [-0.15, -0.1) is 21.8 Å². The maximum absolute atomic E-state index is 5.87. The molecule has 72 valence electrons. The maximum atomic E-state index is 5.87. The topological polar surface area (TPSA) is 25.8 Å². The summed E-state index contributed by atoms with van der Waals surface area (Å²) in [7, 11) is 0. The summed E-state index contributed by atoms with van der Waals surface area (Å²) in [4.78, 5) is 0. The molecule has 1 heterocycles. The summed E-state index contributed by atoms with van der Waals surface area (Å²) in [6.45, 7) is 3.94. The van der Waals surface area contributed by atoms with Crippen molar-refractivity contribution < 1.29 is 0 Å². The first-order chi connectivity index (χ1) is 5.97. The lowest BCUT2D eigenvalue weighted by molar-refractivity contribution is 0.592. The summed E-state index contributed by atoms with van der Waals surface area (Å²) in [5.41, 5.74) is 0.585. The van der Waals surface area contributed by atoms with E-state index in [0.29, 0.717) is 16.2 Å². The van der Waals surface area contributed by atoms with Crippen molar-refractivity contribution in [3.63, 3.8) is 0 Å². The van der Waals surface area contributed by atoms with E-state index in [-0.39, 0.29) is 5.41 Å². The molecule has 0 aromatic carbocycles. The first kappa shape index (κ1) is 11.0. The van der Waals surface area contributed by atoms with Gasteiger partial charge >= 0.3 is 0 Å². The second-order valence-corrected chi connectivity index (χ2v) is 4.40. The van der Waals surface area contributed by atoms with Gasteiger partial charge in [0.15, 0.2) is 10.3 Å². The average Bonchev–Trinajstić information content (AvgIpc) is 2.09. The molecule has 0 atom stereocenters. The SMILES string of the molecule is CC(C)(CCl)c1cc(Cl)nnc1Cl. The van der Waals surface area contributed by atoms with E-state index in [0.717, 1.165) is 5.56 Å². The van der Waals surface area contributed by atoms with Crippen LogP contribution in [0.1, 0.15) is 19.4 Å². The third-order valence-electron chi connectivity index (χ3n) is 1.78. The number of hydrogen-bond acceptors (Lipinski definition) is 2. The van der Waals surface area contributed by atoms with Gasteiger partial charge < -0.3 is 0 Å². The number of aromatic nitrogens is 2. The first-order valence-corrected chi connectivity index (χ1v) is 5.01. The predicted molar refractivity (Wildman–Crippen MR) is 55.8 cm³/mol. The molecule has 1 aromatic rings. The lowest BCUT2D eigenvalue weighted by Crippen LogP contribution is -2.20. The van der Waals surface area contributed by atoms with Crippen molar-refractivity contribution in [3.8, 4) is 0 Å². The van der Waals surface area contributed by atoms with Gasteiger partial charge in [-0.3, -0.25) is 0 Å². The fraction of sp³-hybridized carbons (Fsp3) is 0.500. The highest BCUT2D eigenvalue weighted by molar-refractivity contribution is 6.32. The molecule has 0 unspecified atom stereocenters. The molecule has 0 saturated carbocycles. The maximum Gasteiger partial charge on any atom is 0.155 e. The van der Waals surface area contributed by atoms with Crippen LogP contribution < -0.4 is 0 Å². The monoisotopic (exact) mass is 238 g/mol. The molecular weight excluding hydrogens is 230 g/mol. The third-order valence-corrected chi connectivity index (χ3v) is 2.91. The molecule has 1 rings (SSSR count). The fourth-order valence-corrected chi connectivity index (χ4v) is 1.54. The van der Waals surface area contributed by atoms with Crippen molar-refractivity contribution in [2.75, 3.05) is 5.88 Å². The highest BCUT2D eigenvalue weighted by Crippen LogP contribution is 2.30. The third kappa shape index (κ3) is 2.46. The molecule has 0 aliphatic heterocycles. The van der Waals surface area contributed by atoms with Gasteiger partial charge in [0.1, 0.15) is 0 Å². The Labute approximate surface area is 92.2 Å². The average molecular weight is 240 g/mol. The molecule has 2 nitrogen and oxygen atoms in total. The van der Waals surface area contributed by atoms with Gasteiger partial charge in [-0.25, -0.2) is 0 Å². The first-order valence-electron chi connectivity index (χ1n) is 3.72. The smallest absolute Gasteiger partial charge is 0.137 e. The van der Waals surface area contributed by atoms with Crippen molar-refractivity contribution >= 4 is 34.8 Å². The Morgan fingerprint density at radius 1 is 1.31 bits per heavy atom. The van der Waals surface area contributed by atoms with Crippen LogP contribution in [0.2, 0.25) is 10.3 Å². The van der Waals surface area contributed by atoms with Crippen LogP contribution in [0, 0.1) is 0 Å². The molecule has 0 radical (unpaired) electrons. The van der Waals surface area contributed by atoms with Crippen LogP contribution in [0.5, 0.6) is 0 Å². The van der Waals surface area contributed by atoms with Gasteiger partial charge in [0.25, 0.3) is 0 Å². The molecular formula is C8H9Cl3N2. The minimum absolute atomic E-state index is 0.238. The van der Waals surface area contributed by atoms with Gasteiger partial charge in [-0.1, -0.05) is 37.0 Å². The van der Waals surface area contributed by atoms with E-state index in [2.05, 4.69) is 10.2 Å². The summed E-state index contributed by atoms with van der Waals surface area (Å²) in [6, 6.07) is 1.69. The van der Waals surface area contributed by atoms with Crippen molar-refractivity contribution in [3.05, 3.63) is 21.9 Å². The number of hydrogen-bond donors (Lipinski definition) is 0. The van der Waals surface area contributed by atoms with Crippen LogP contribution in [-0.2, 0) is 5.41 Å². The van der Waals surface area contributed by atoms with Crippen molar-refractivity contribution in [1.82, 2.24) is 10.2 Å². The van der Waals surface area contributed by atoms with Crippen molar-refractivity contribution in [2.45, 2.75) is 19.3 Å². The number of rotatable bonds is 2. The quantitative estimate of drug-likeness (QED) is 0.740. The van der Waals surface area contributed by atoms with Crippen LogP contribution >= 0.6 is 34.8 Å². The molecule has 0 aliphatic rings. The Kier molecular flexibility index (Phi) is 3.38. The number of alkyl halides is 1. The summed E-state index contributed by atoms with van der Waals surface area (Å²) >= 11 is 17.4. The lowest BCUT2D eigenvalue weighted by Gasteiger charge is -2.22. The van der Waals surface area contributed by atoms with Crippen LogP contribution in [0.25, 0.3) is 0 Å². The van der Waals surface area contributed by atoms with Gasteiger partial charge in [-0.05, 0) is 6.07 Å². The number of nitrogens with zero attached hydrogens (tertiary/aromatic N) is 2. The second kappa shape index (κ2) is 3.99. The van der Waals surface area contributed by atoms with E-state index < -0.39 is 0 Å². The summed E-state index contributed by atoms with van der Waals surface area (Å²) < 4.78 is 0. The Morgan fingerprint density at radius 3 is 2.46 bits per heavy atom. The molecule has 0 amide bonds.